The Hall–Kier alpha value is -2.72. The number of aromatic nitrogens is 3. The van der Waals surface area contributed by atoms with Gasteiger partial charge in [0.05, 0.1) is 18.4 Å². The number of rotatable bonds is 7. The van der Waals surface area contributed by atoms with E-state index in [9.17, 15) is 18.0 Å². The van der Waals surface area contributed by atoms with Crippen LogP contribution in [0.2, 0.25) is 5.02 Å². The monoisotopic (exact) mass is 456 g/mol. The normalized spacial score (nSPS) is 11.4. The number of hydrogen-bond donors (Lipinski definition) is 1. The molecule has 158 valence electrons. The van der Waals surface area contributed by atoms with Crippen LogP contribution in [0, 0.1) is 0 Å². The number of thioether (sulfide) groups is 1. The van der Waals surface area contributed by atoms with Crippen LogP contribution >= 0.6 is 23.4 Å². The van der Waals surface area contributed by atoms with Gasteiger partial charge in [-0.25, -0.2) is 0 Å². The van der Waals surface area contributed by atoms with Crippen LogP contribution in [0.4, 0.5) is 13.2 Å². The van der Waals surface area contributed by atoms with E-state index in [1.54, 1.807) is 41.0 Å². The molecule has 0 aliphatic heterocycles. The first-order chi connectivity index (χ1) is 14.3. The van der Waals surface area contributed by atoms with Crippen molar-refractivity contribution in [3.8, 4) is 22.8 Å². The Morgan fingerprint density at radius 2 is 1.87 bits per heavy atom. The van der Waals surface area contributed by atoms with Gasteiger partial charge in [0.1, 0.15) is 12.3 Å². The van der Waals surface area contributed by atoms with Gasteiger partial charge in [-0.3, -0.25) is 9.36 Å². The summed E-state index contributed by atoms with van der Waals surface area (Å²) in [6.45, 7) is -1.39. The number of para-hydroxylation sites is 1. The largest absolute Gasteiger partial charge is 0.496 e. The summed E-state index contributed by atoms with van der Waals surface area (Å²) in [7, 11) is 1.53. The molecule has 0 spiro atoms. The Morgan fingerprint density at radius 3 is 2.53 bits per heavy atom. The van der Waals surface area contributed by atoms with Gasteiger partial charge in [0.25, 0.3) is 0 Å². The second-order valence-corrected chi connectivity index (χ2v) is 7.38. The molecule has 0 unspecified atom stereocenters. The molecule has 3 aromatic rings. The number of ether oxygens (including phenoxy) is 1. The van der Waals surface area contributed by atoms with E-state index in [1.807, 2.05) is 17.4 Å². The Morgan fingerprint density at radius 1 is 1.17 bits per heavy atom. The summed E-state index contributed by atoms with van der Waals surface area (Å²) in [5, 5.41) is 11.1. The molecule has 3 rings (SSSR count). The fourth-order valence-electron chi connectivity index (χ4n) is 2.57. The second-order valence-electron chi connectivity index (χ2n) is 6.00. The zero-order valence-corrected chi connectivity index (χ0v) is 17.2. The third-order valence-corrected chi connectivity index (χ3v) is 5.07. The second kappa shape index (κ2) is 9.40. The van der Waals surface area contributed by atoms with E-state index in [1.165, 1.54) is 7.11 Å². The average Bonchev–Trinajstić information content (AvgIpc) is 3.14. The maximum atomic E-state index is 12.3. The molecule has 11 heteroatoms. The summed E-state index contributed by atoms with van der Waals surface area (Å²) in [5.74, 6) is 0.00246. The van der Waals surface area contributed by atoms with Crippen LogP contribution in [0.15, 0.2) is 53.7 Å². The summed E-state index contributed by atoms with van der Waals surface area (Å²) in [5.41, 5.74) is 1.33. The van der Waals surface area contributed by atoms with Crippen molar-refractivity contribution >= 4 is 29.3 Å². The summed E-state index contributed by atoms with van der Waals surface area (Å²) in [6.07, 6.45) is -4.47. The summed E-state index contributed by atoms with van der Waals surface area (Å²) >= 11 is 6.95. The van der Waals surface area contributed by atoms with Crippen molar-refractivity contribution in [3.05, 3.63) is 53.6 Å². The Balaban J connectivity index is 1.93. The third-order valence-electron chi connectivity index (χ3n) is 3.88. The van der Waals surface area contributed by atoms with E-state index in [0.29, 0.717) is 33.0 Å². The summed E-state index contributed by atoms with van der Waals surface area (Å²) in [6, 6.07) is 14.1. The lowest BCUT2D eigenvalue weighted by atomic mass is 10.2. The van der Waals surface area contributed by atoms with Crippen LogP contribution in [0.3, 0.4) is 0 Å². The number of halogens is 4. The van der Waals surface area contributed by atoms with Crippen LogP contribution in [0.25, 0.3) is 17.1 Å². The van der Waals surface area contributed by atoms with E-state index in [-0.39, 0.29) is 5.75 Å². The number of alkyl halides is 3. The van der Waals surface area contributed by atoms with E-state index in [4.69, 9.17) is 16.3 Å². The van der Waals surface area contributed by atoms with E-state index in [0.717, 1.165) is 11.8 Å². The number of carbonyl (C=O) groups is 1. The first-order valence-electron chi connectivity index (χ1n) is 8.59. The lowest BCUT2D eigenvalue weighted by molar-refractivity contribution is -0.136. The molecule has 1 N–H and O–H groups in total. The van der Waals surface area contributed by atoms with Gasteiger partial charge < -0.3 is 10.1 Å². The topological polar surface area (TPSA) is 69.0 Å². The van der Waals surface area contributed by atoms with Gasteiger partial charge in [0.15, 0.2) is 11.0 Å². The minimum Gasteiger partial charge on any atom is -0.496 e. The van der Waals surface area contributed by atoms with Crippen LogP contribution < -0.4 is 10.1 Å². The summed E-state index contributed by atoms with van der Waals surface area (Å²) < 4.78 is 44.0. The van der Waals surface area contributed by atoms with Crippen LogP contribution in [0.1, 0.15) is 0 Å². The first kappa shape index (κ1) is 22.0. The lowest BCUT2D eigenvalue weighted by Crippen LogP contribution is -2.34. The molecule has 1 aromatic heterocycles. The molecule has 0 aliphatic rings. The van der Waals surface area contributed by atoms with E-state index in [2.05, 4.69) is 10.2 Å². The number of methoxy groups -OCH3 is 1. The van der Waals surface area contributed by atoms with Crippen molar-refractivity contribution in [3.63, 3.8) is 0 Å². The molecular formula is C19H16ClF3N4O2S. The first-order valence-corrected chi connectivity index (χ1v) is 9.96. The van der Waals surface area contributed by atoms with Crippen molar-refractivity contribution in [2.75, 3.05) is 19.4 Å². The van der Waals surface area contributed by atoms with Gasteiger partial charge in [0, 0.05) is 10.7 Å². The molecule has 30 heavy (non-hydrogen) atoms. The Kier molecular flexibility index (Phi) is 6.88. The van der Waals surface area contributed by atoms with E-state index >= 15 is 0 Å². The van der Waals surface area contributed by atoms with Crippen LogP contribution in [-0.4, -0.2) is 46.3 Å². The number of benzene rings is 2. The number of carbonyl (C=O) groups excluding carboxylic acids is 1. The predicted octanol–water partition coefficient (Wildman–Crippen LogP) is 4.37. The molecule has 0 saturated carbocycles. The molecule has 0 saturated heterocycles. The molecule has 0 aliphatic carbocycles. The highest BCUT2D eigenvalue weighted by Crippen LogP contribution is 2.33. The standard InChI is InChI=1S/C19H16ClF3N4O2S/c1-29-15-5-3-2-4-14(15)17-25-26-18(27(17)13-8-6-12(20)7-9-13)30-10-16(28)24-11-19(21,22)23/h2-9H,10-11H2,1H3,(H,24,28). The molecule has 1 heterocycles. The van der Waals surface area contributed by atoms with Crippen molar-refractivity contribution < 1.29 is 22.7 Å². The van der Waals surface area contributed by atoms with Crippen molar-refractivity contribution in [2.24, 2.45) is 0 Å². The van der Waals surface area contributed by atoms with Crippen LogP contribution in [0.5, 0.6) is 5.75 Å². The minimum atomic E-state index is -4.47. The van der Waals surface area contributed by atoms with Crippen molar-refractivity contribution in [1.29, 1.82) is 0 Å². The average molecular weight is 457 g/mol. The van der Waals surface area contributed by atoms with Gasteiger partial charge >= 0.3 is 6.18 Å². The zero-order chi connectivity index (χ0) is 21.7. The number of amides is 1. The SMILES string of the molecule is COc1ccccc1-c1nnc(SCC(=O)NCC(F)(F)F)n1-c1ccc(Cl)cc1. The molecule has 0 bridgehead atoms. The lowest BCUT2D eigenvalue weighted by Gasteiger charge is -2.13. The maximum Gasteiger partial charge on any atom is 0.405 e. The van der Waals surface area contributed by atoms with Gasteiger partial charge in [-0.15, -0.1) is 10.2 Å². The molecular weight excluding hydrogens is 441 g/mol. The highest BCUT2D eigenvalue weighted by Gasteiger charge is 2.28. The zero-order valence-electron chi connectivity index (χ0n) is 15.6. The fraction of sp³-hybridized carbons (Fsp3) is 0.211. The number of nitrogens with one attached hydrogen (secondary N) is 1. The van der Waals surface area contributed by atoms with Gasteiger partial charge in [-0.2, -0.15) is 13.2 Å². The Bertz CT molecular complexity index is 1030. The predicted molar refractivity (Wildman–Crippen MR) is 108 cm³/mol. The molecule has 1 amide bonds. The van der Waals surface area contributed by atoms with E-state index < -0.39 is 18.6 Å². The number of hydrogen-bond acceptors (Lipinski definition) is 5. The minimum absolute atomic E-state index is 0.256. The van der Waals surface area contributed by atoms with Crippen LogP contribution in [-0.2, 0) is 4.79 Å². The van der Waals surface area contributed by atoms with Gasteiger partial charge in [-0.05, 0) is 36.4 Å². The smallest absolute Gasteiger partial charge is 0.405 e. The Labute approximate surface area is 179 Å². The molecule has 2 aromatic carbocycles. The number of nitrogens with zero attached hydrogens (tertiary/aromatic N) is 3. The third kappa shape index (κ3) is 5.45. The molecule has 0 radical (unpaired) electrons. The quantitative estimate of drug-likeness (QED) is 0.535. The maximum absolute atomic E-state index is 12.3. The highest BCUT2D eigenvalue weighted by molar-refractivity contribution is 7.99. The fourth-order valence-corrected chi connectivity index (χ4v) is 3.48. The summed E-state index contributed by atoms with van der Waals surface area (Å²) in [4.78, 5) is 11.8. The highest BCUT2D eigenvalue weighted by atomic mass is 35.5. The van der Waals surface area contributed by atoms with Crippen molar-refractivity contribution in [1.82, 2.24) is 20.1 Å². The molecule has 0 atom stereocenters. The van der Waals surface area contributed by atoms with Gasteiger partial charge in [0.2, 0.25) is 5.91 Å². The van der Waals surface area contributed by atoms with Crippen molar-refractivity contribution in [2.45, 2.75) is 11.3 Å². The molecule has 0 fully saturated rings. The van der Waals surface area contributed by atoms with Gasteiger partial charge in [-0.1, -0.05) is 35.5 Å². The molecule has 6 nitrogen and oxygen atoms in total.